The van der Waals surface area contributed by atoms with Crippen LogP contribution in [0.25, 0.3) is 10.6 Å². The molecule has 182 valence electrons. The normalized spacial score (nSPS) is 16.6. The summed E-state index contributed by atoms with van der Waals surface area (Å²) in [6.45, 7) is 0.416. The zero-order valence-electron chi connectivity index (χ0n) is 18.0. The molecule has 3 heterocycles. The quantitative estimate of drug-likeness (QED) is 0.448. The maximum Gasteiger partial charge on any atom is 0.277 e. The number of nitrogens with zero attached hydrogens (tertiary/aromatic N) is 4. The molecule has 1 amide bonds. The molecule has 1 saturated heterocycles. The average Bonchev–Trinajstić information content (AvgIpc) is 3.25. The standard InChI is InChI=1S/C21H23F4N7OS/c22-12-4-1-5-13(23)16(12)20-30-17(18(27)34-20)19(33)29-14-9-28-32(10-15(24)25)21(14)31-7-2-3-11(26)6-8-31/h1,4-5,9,11,15H,2-3,6-8,10,26-27H2,(H,29,33)/t11-/m1/s1. The summed E-state index contributed by atoms with van der Waals surface area (Å²) in [5.41, 5.74) is 11.6. The van der Waals surface area contributed by atoms with Crippen LogP contribution in [0.1, 0.15) is 29.8 Å². The highest BCUT2D eigenvalue weighted by Gasteiger charge is 2.26. The Morgan fingerprint density at radius 1 is 1.24 bits per heavy atom. The van der Waals surface area contributed by atoms with Gasteiger partial charge in [0, 0.05) is 19.1 Å². The maximum absolute atomic E-state index is 14.2. The van der Waals surface area contributed by atoms with Gasteiger partial charge in [0.15, 0.2) is 11.5 Å². The first kappa shape index (κ1) is 24.0. The summed E-state index contributed by atoms with van der Waals surface area (Å²) >= 11 is 0.765. The molecule has 0 saturated carbocycles. The van der Waals surface area contributed by atoms with Crippen LogP contribution in [0.5, 0.6) is 0 Å². The van der Waals surface area contributed by atoms with E-state index in [1.807, 2.05) is 4.90 Å². The van der Waals surface area contributed by atoms with Gasteiger partial charge < -0.3 is 21.7 Å². The summed E-state index contributed by atoms with van der Waals surface area (Å²) in [4.78, 5) is 18.9. The maximum atomic E-state index is 14.2. The number of aromatic nitrogens is 3. The highest BCUT2D eigenvalue weighted by Crippen LogP contribution is 2.35. The molecule has 1 aliphatic rings. The van der Waals surface area contributed by atoms with Crippen LogP contribution in [0.4, 0.5) is 34.1 Å². The van der Waals surface area contributed by atoms with Crippen molar-refractivity contribution < 1.29 is 22.4 Å². The molecule has 4 rings (SSSR count). The summed E-state index contributed by atoms with van der Waals surface area (Å²) in [5, 5.41) is 6.51. The lowest BCUT2D eigenvalue weighted by atomic mass is 10.1. The fourth-order valence-electron chi connectivity index (χ4n) is 3.88. The number of carbonyl (C=O) groups is 1. The lowest BCUT2D eigenvalue weighted by molar-refractivity contribution is 0.102. The van der Waals surface area contributed by atoms with Crippen molar-refractivity contribution in [1.29, 1.82) is 0 Å². The van der Waals surface area contributed by atoms with Crippen molar-refractivity contribution in [2.24, 2.45) is 5.73 Å². The van der Waals surface area contributed by atoms with Gasteiger partial charge in [-0.25, -0.2) is 27.2 Å². The smallest absolute Gasteiger partial charge is 0.277 e. The largest absolute Gasteiger partial charge is 0.389 e. The number of benzene rings is 1. The highest BCUT2D eigenvalue weighted by molar-refractivity contribution is 7.19. The third-order valence-electron chi connectivity index (χ3n) is 5.49. The summed E-state index contributed by atoms with van der Waals surface area (Å²) in [5.74, 6) is -2.09. The van der Waals surface area contributed by atoms with Crippen LogP contribution >= 0.6 is 11.3 Å². The van der Waals surface area contributed by atoms with E-state index in [0.29, 0.717) is 25.3 Å². The number of anilines is 3. The van der Waals surface area contributed by atoms with Crippen LogP contribution in [0.2, 0.25) is 0 Å². The zero-order chi connectivity index (χ0) is 24.4. The Balaban J connectivity index is 1.63. The number of hydrogen-bond donors (Lipinski definition) is 3. The molecule has 8 nitrogen and oxygen atoms in total. The second kappa shape index (κ2) is 9.97. The molecule has 0 radical (unpaired) electrons. The molecular formula is C21H23F4N7OS. The lowest BCUT2D eigenvalue weighted by Gasteiger charge is -2.25. The molecule has 3 aromatic rings. The zero-order valence-corrected chi connectivity index (χ0v) is 18.8. The molecule has 34 heavy (non-hydrogen) atoms. The SMILES string of the molecule is Nc1sc(-c2c(F)cccc2F)nc1C(=O)Nc1cnn(CC(F)F)c1N1CCC[C@@H](N)CC1. The number of nitrogens with two attached hydrogens (primary N) is 2. The third kappa shape index (κ3) is 4.99. The van der Waals surface area contributed by atoms with Crippen LogP contribution in [0.3, 0.4) is 0 Å². The Kier molecular flexibility index (Phi) is 7.03. The first-order valence-electron chi connectivity index (χ1n) is 10.6. The van der Waals surface area contributed by atoms with Gasteiger partial charge in [0.2, 0.25) is 0 Å². The first-order valence-corrected chi connectivity index (χ1v) is 11.4. The van der Waals surface area contributed by atoms with E-state index >= 15 is 0 Å². The summed E-state index contributed by atoms with van der Waals surface area (Å²) in [7, 11) is 0. The number of halogens is 4. The van der Waals surface area contributed by atoms with E-state index in [9.17, 15) is 22.4 Å². The van der Waals surface area contributed by atoms with E-state index in [1.165, 1.54) is 12.3 Å². The number of carbonyl (C=O) groups excluding carboxylic acids is 1. The second-order valence-corrected chi connectivity index (χ2v) is 8.95. The van der Waals surface area contributed by atoms with Crippen molar-refractivity contribution in [3.05, 3.63) is 41.7 Å². The van der Waals surface area contributed by atoms with Crippen LogP contribution in [0.15, 0.2) is 24.4 Å². The van der Waals surface area contributed by atoms with Crippen molar-refractivity contribution in [1.82, 2.24) is 14.8 Å². The number of nitrogens with one attached hydrogen (secondary N) is 1. The van der Waals surface area contributed by atoms with E-state index < -0.39 is 30.5 Å². The topological polar surface area (TPSA) is 115 Å². The van der Waals surface area contributed by atoms with Crippen LogP contribution < -0.4 is 21.7 Å². The lowest BCUT2D eigenvalue weighted by Crippen LogP contribution is -2.30. The van der Waals surface area contributed by atoms with E-state index in [-0.39, 0.29) is 33.0 Å². The molecule has 13 heteroatoms. The minimum atomic E-state index is -2.65. The predicted octanol–water partition coefficient (Wildman–Crippen LogP) is 3.70. The third-order valence-corrected chi connectivity index (χ3v) is 6.39. The van der Waals surface area contributed by atoms with E-state index in [4.69, 9.17) is 11.5 Å². The van der Waals surface area contributed by atoms with Crippen LogP contribution in [-0.4, -0.2) is 46.2 Å². The Labute approximate surface area is 196 Å². The molecule has 5 N–H and O–H groups in total. The number of nitrogen functional groups attached to an aromatic ring is 1. The van der Waals surface area contributed by atoms with Crippen LogP contribution in [-0.2, 0) is 6.54 Å². The van der Waals surface area contributed by atoms with Gasteiger partial charge in [-0.3, -0.25) is 4.79 Å². The minimum absolute atomic E-state index is 0.00140. The Bertz CT molecular complexity index is 1160. The van der Waals surface area contributed by atoms with E-state index in [1.54, 1.807) is 0 Å². The number of alkyl halides is 2. The fraction of sp³-hybridized carbons (Fsp3) is 0.381. The van der Waals surface area contributed by atoms with E-state index in [0.717, 1.165) is 41.0 Å². The summed E-state index contributed by atoms with van der Waals surface area (Å²) < 4.78 is 55.8. The van der Waals surface area contributed by atoms with Gasteiger partial charge in [0.05, 0.1) is 11.8 Å². The molecule has 0 bridgehead atoms. The molecule has 1 aliphatic heterocycles. The molecule has 1 aromatic carbocycles. The molecule has 1 atom stereocenters. The van der Waals surface area contributed by atoms with Gasteiger partial charge in [-0.2, -0.15) is 5.10 Å². The van der Waals surface area contributed by atoms with Crippen LogP contribution in [0, 0.1) is 11.6 Å². The highest BCUT2D eigenvalue weighted by atomic mass is 32.1. The van der Waals surface area contributed by atoms with E-state index in [2.05, 4.69) is 15.4 Å². The molecule has 2 aromatic heterocycles. The molecular weight excluding hydrogens is 474 g/mol. The van der Waals surface area contributed by atoms with Gasteiger partial charge in [-0.1, -0.05) is 17.4 Å². The second-order valence-electron chi connectivity index (χ2n) is 7.92. The summed E-state index contributed by atoms with van der Waals surface area (Å²) in [6.07, 6.45) is 0.838. The molecule has 0 unspecified atom stereocenters. The number of hydrogen-bond acceptors (Lipinski definition) is 7. The summed E-state index contributed by atoms with van der Waals surface area (Å²) in [6, 6.07) is 3.37. The number of thiazole rings is 1. The monoisotopic (exact) mass is 497 g/mol. The van der Waals surface area contributed by atoms with Crippen molar-refractivity contribution in [2.45, 2.75) is 38.3 Å². The average molecular weight is 498 g/mol. The Morgan fingerprint density at radius 2 is 1.97 bits per heavy atom. The fourth-order valence-corrected chi connectivity index (χ4v) is 4.76. The van der Waals surface area contributed by atoms with Crippen molar-refractivity contribution in [3.8, 4) is 10.6 Å². The van der Waals surface area contributed by atoms with Crippen molar-refractivity contribution in [2.75, 3.05) is 29.0 Å². The van der Waals surface area contributed by atoms with Gasteiger partial charge in [-0.05, 0) is 31.4 Å². The molecule has 0 aliphatic carbocycles. The van der Waals surface area contributed by atoms with Crippen molar-refractivity contribution in [3.63, 3.8) is 0 Å². The Hall–Kier alpha value is -3.19. The number of amides is 1. The van der Waals surface area contributed by atoms with Gasteiger partial charge in [-0.15, -0.1) is 0 Å². The molecule has 1 fully saturated rings. The number of rotatable bonds is 6. The Morgan fingerprint density at radius 3 is 2.68 bits per heavy atom. The predicted molar refractivity (Wildman–Crippen MR) is 122 cm³/mol. The first-order chi connectivity index (χ1) is 16.2. The van der Waals surface area contributed by atoms with Gasteiger partial charge in [0.25, 0.3) is 12.3 Å². The minimum Gasteiger partial charge on any atom is -0.389 e. The van der Waals surface area contributed by atoms with Gasteiger partial charge in [0.1, 0.15) is 33.9 Å². The molecule has 0 spiro atoms. The van der Waals surface area contributed by atoms with Crippen molar-refractivity contribution >= 4 is 33.8 Å². The van der Waals surface area contributed by atoms with Gasteiger partial charge >= 0.3 is 0 Å².